The van der Waals surface area contributed by atoms with Crippen LogP contribution < -0.4 is 14.8 Å². The molecule has 2 aromatic heterocycles. The van der Waals surface area contributed by atoms with E-state index in [4.69, 9.17) is 9.47 Å². The number of nitrogens with one attached hydrogen (secondary N) is 1. The molecule has 3 rings (SSSR count). The van der Waals surface area contributed by atoms with Crippen molar-refractivity contribution in [3.63, 3.8) is 0 Å². The fourth-order valence-electron chi connectivity index (χ4n) is 2.46. The second-order valence-electron chi connectivity index (χ2n) is 5.27. The van der Waals surface area contributed by atoms with Crippen LogP contribution >= 0.6 is 0 Å². The fourth-order valence-corrected chi connectivity index (χ4v) is 2.46. The molecule has 0 aliphatic carbocycles. The van der Waals surface area contributed by atoms with Gasteiger partial charge in [0.15, 0.2) is 5.69 Å². The van der Waals surface area contributed by atoms with Crippen molar-refractivity contribution < 1.29 is 14.3 Å². The first-order chi connectivity index (χ1) is 12.1. The average Bonchev–Trinajstić information content (AvgIpc) is 3.03. The summed E-state index contributed by atoms with van der Waals surface area (Å²) in [5.41, 5.74) is 1.81. The molecule has 0 saturated heterocycles. The molecule has 1 N–H and O–H groups in total. The van der Waals surface area contributed by atoms with Gasteiger partial charge in [0.2, 0.25) is 0 Å². The molecule has 2 heterocycles. The standard InChI is InChI=1S/C18H18N4O3/c1-22-15(13-10-12(24-2)7-8-16(13)25-3)11-14(21-22)18(23)20-17-6-4-5-9-19-17/h4-11H,1-3H3,(H,19,20,23). The van der Waals surface area contributed by atoms with Gasteiger partial charge in [-0.3, -0.25) is 9.48 Å². The highest BCUT2D eigenvalue weighted by atomic mass is 16.5. The van der Waals surface area contributed by atoms with Crippen molar-refractivity contribution in [3.05, 3.63) is 54.4 Å². The Labute approximate surface area is 145 Å². The number of carbonyl (C=O) groups is 1. The van der Waals surface area contributed by atoms with Gasteiger partial charge in [-0.05, 0) is 36.4 Å². The Kier molecular flexibility index (Phi) is 4.65. The molecular formula is C18H18N4O3. The lowest BCUT2D eigenvalue weighted by Crippen LogP contribution is -2.13. The number of aryl methyl sites for hydroxylation is 1. The van der Waals surface area contributed by atoms with E-state index in [0.717, 1.165) is 11.3 Å². The van der Waals surface area contributed by atoms with Crippen LogP contribution in [0.3, 0.4) is 0 Å². The van der Waals surface area contributed by atoms with Crippen LogP contribution in [-0.4, -0.2) is 34.9 Å². The molecular weight excluding hydrogens is 320 g/mol. The minimum Gasteiger partial charge on any atom is -0.497 e. The van der Waals surface area contributed by atoms with Crippen molar-refractivity contribution in [2.75, 3.05) is 19.5 Å². The molecule has 0 saturated carbocycles. The highest BCUT2D eigenvalue weighted by Gasteiger charge is 2.17. The van der Waals surface area contributed by atoms with Gasteiger partial charge in [0.1, 0.15) is 17.3 Å². The molecule has 0 aliphatic rings. The Balaban J connectivity index is 1.94. The number of benzene rings is 1. The van der Waals surface area contributed by atoms with Gasteiger partial charge in [-0.25, -0.2) is 4.98 Å². The Hall–Kier alpha value is -3.35. The van der Waals surface area contributed by atoms with Gasteiger partial charge >= 0.3 is 0 Å². The predicted molar refractivity (Wildman–Crippen MR) is 93.9 cm³/mol. The maximum Gasteiger partial charge on any atom is 0.277 e. The number of anilines is 1. The summed E-state index contributed by atoms with van der Waals surface area (Å²) in [5, 5.41) is 7.01. The molecule has 0 aliphatic heterocycles. The largest absolute Gasteiger partial charge is 0.497 e. The van der Waals surface area contributed by atoms with Crippen LogP contribution in [0.15, 0.2) is 48.7 Å². The number of hydrogen-bond donors (Lipinski definition) is 1. The van der Waals surface area contributed by atoms with Crippen LogP contribution in [0, 0.1) is 0 Å². The Bertz CT molecular complexity index is 891. The topological polar surface area (TPSA) is 78.3 Å². The fraction of sp³-hybridized carbons (Fsp3) is 0.167. The number of nitrogens with zero attached hydrogens (tertiary/aromatic N) is 3. The predicted octanol–water partition coefficient (Wildman–Crippen LogP) is 2.75. The third-order valence-electron chi connectivity index (χ3n) is 3.70. The third kappa shape index (κ3) is 3.45. The van der Waals surface area contributed by atoms with E-state index in [1.165, 1.54) is 0 Å². The van der Waals surface area contributed by atoms with Crippen molar-refractivity contribution in [2.24, 2.45) is 7.05 Å². The highest BCUT2D eigenvalue weighted by Crippen LogP contribution is 2.33. The van der Waals surface area contributed by atoms with Crippen LogP contribution in [0.4, 0.5) is 5.82 Å². The molecule has 0 bridgehead atoms. The van der Waals surface area contributed by atoms with Gasteiger partial charge in [-0.2, -0.15) is 5.10 Å². The molecule has 1 amide bonds. The summed E-state index contributed by atoms with van der Waals surface area (Å²) in [7, 11) is 4.96. The quantitative estimate of drug-likeness (QED) is 0.774. The van der Waals surface area contributed by atoms with Gasteiger partial charge in [0.05, 0.1) is 19.9 Å². The zero-order chi connectivity index (χ0) is 17.8. The van der Waals surface area contributed by atoms with Crippen molar-refractivity contribution in [3.8, 4) is 22.8 Å². The SMILES string of the molecule is COc1ccc(OC)c(-c2cc(C(=O)Nc3ccccn3)nn2C)c1. The highest BCUT2D eigenvalue weighted by molar-refractivity contribution is 6.03. The molecule has 1 aromatic carbocycles. The summed E-state index contributed by atoms with van der Waals surface area (Å²) >= 11 is 0. The first-order valence-electron chi connectivity index (χ1n) is 7.61. The monoisotopic (exact) mass is 338 g/mol. The van der Waals surface area contributed by atoms with Gasteiger partial charge in [0.25, 0.3) is 5.91 Å². The van der Waals surface area contributed by atoms with Gasteiger partial charge < -0.3 is 14.8 Å². The van der Waals surface area contributed by atoms with Crippen molar-refractivity contribution in [1.82, 2.24) is 14.8 Å². The van der Waals surface area contributed by atoms with Crippen LogP contribution in [0.5, 0.6) is 11.5 Å². The van der Waals surface area contributed by atoms with Gasteiger partial charge in [-0.15, -0.1) is 0 Å². The first-order valence-corrected chi connectivity index (χ1v) is 7.61. The molecule has 0 unspecified atom stereocenters. The lowest BCUT2D eigenvalue weighted by atomic mass is 10.1. The van der Waals surface area contributed by atoms with Gasteiger partial charge in [0, 0.05) is 18.8 Å². The Morgan fingerprint density at radius 2 is 1.96 bits per heavy atom. The number of methoxy groups -OCH3 is 2. The number of hydrogen-bond acceptors (Lipinski definition) is 5. The normalized spacial score (nSPS) is 10.4. The maximum absolute atomic E-state index is 12.4. The van der Waals surface area contributed by atoms with E-state index < -0.39 is 0 Å². The van der Waals surface area contributed by atoms with E-state index >= 15 is 0 Å². The van der Waals surface area contributed by atoms with Crippen LogP contribution in [0.25, 0.3) is 11.3 Å². The van der Waals surface area contributed by atoms with Crippen molar-refractivity contribution >= 4 is 11.7 Å². The zero-order valence-corrected chi connectivity index (χ0v) is 14.2. The molecule has 7 heteroatoms. The van der Waals surface area contributed by atoms with E-state index in [-0.39, 0.29) is 11.6 Å². The Morgan fingerprint density at radius 3 is 2.64 bits per heavy atom. The molecule has 25 heavy (non-hydrogen) atoms. The Morgan fingerprint density at radius 1 is 1.12 bits per heavy atom. The average molecular weight is 338 g/mol. The van der Waals surface area contributed by atoms with Crippen LogP contribution in [0.1, 0.15) is 10.5 Å². The van der Waals surface area contributed by atoms with E-state index in [1.807, 2.05) is 18.2 Å². The first kappa shape index (κ1) is 16.5. The second-order valence-corrected chi connectivity index (χ2v) is 5.27. The van der Waals surface area contributed by atoms with Crippen LogP contribution in [-0.2, 0) is 7.05 Å². The molecule has 128 valence electrons. The number of aromatic nitrogens is 3. The molecule has 0 fully saturated rings. The summed E-state index contributed by atoms with van der Waals surface area (Å²) in [6.07, 6.45) is 1.61. The van der Waals surface area contributed by atoms with Crippen molar-refractivity contribution in [1.29, 1.82) is 0 Å². The molecule has 7 nitrogen and oxygen atoms in total. The summed E-state index contributed by atoms with van der Waals surface area (Å²) in [4.78, 5) is 16.5. The van der Waals surface area contributed by atoms with E-state index in [0.29, 0.717) is 17.3 Å². The van der Waals surface area contributed by atoms with E-state index in [1.54, 1.807) is 56.4 Å². The lowest BCUT2D eigenvalue weighted by Gasteiger charge is -2.10. The van der Waals surface area contributed by atoms with Crippen molar-refractivity contribution in [2.45, 2.75) is 0 Å². The summed E-state index contributed by atoms with van der Waals surface area (Å²) < 4.78 is 12.3. The summed E-state index contributed by atoms with van der Waals surface area (Å²) in [6.45, 7) is 0. The smallest absolute Gasteiger partial charge is 0.277 e. The summed E-state index contributed by atoms with van der Waals surface area (Å²) in [6, 6.07) is 12.5. The zero-order valence-electron chi connectivity index (χ0n) is 14.2. The number of rotatable bonds is 5. The molecule has 0 atom stereocenters. The van der Waals surface area contributed by atoms with Crippen LogP contribution in [0.2, 0.25) is 0 Å². The molecule has 0 radical (unpaired) electrons. The molecule has 0 spiro atoms. The minimum atomic E-state index is -0.331. The number of pyridine rings is 1. The third-order valence-corrected chi connectivity index (χ3v) is 3.70. The molecule has 3 aromatic rings. The summed E-state index contributed by atoms with van der Waals surface area (Å²) in [5.74, 6) is 1.50. The number of ether oxygens (including phenoxy) is 2. The number of carbonyl (C=O) groups excluding carboxylic acids is 1. The maximum atomic E-state index is 12.4. The number of amides is 1. The van der Waals surface area contributed by atoms with Gasteiger partial charge in [-0.1, -0.05) is 6.07 Å². The second kappa shape index (κ2) is 7.04. The van der Waals surface area contributed by atoms with E-state index in [9.17, 15) is 4.79 Å². The lowest BCUT2D eigenvalue weighted by molar-refractivity contribution is 0.102. The minimum absolute atomic E-state index is 0.285. The van der Waals surface area contributed by atoms with E-state index in [2.05, 4.69) is 15.4 Å².